The number of esters is 1. The van der Waals surface area contributed by atoms with Crippen LogP contribution in [-0.2, 0) is 9.59 Å². The minimum Gasteiger partial charge on any atom is -0.422 e. The Morgan fingerprint density at radius 1 is 0.861 bits per heavy atom. The maximum Gasteiger partial charge on any atom is 0.343 e. The third kappa shape index (κ3) is 12.0. The van der Waals surface area contributed by atoms with E-state index in [0.717, 1.165) is 19.3 Å². The Hall–Kier alpha value is -3.19. The molecule has 2 rings (SSSR count). The molecule has 194 valence electrons. The van der Waals surface area contributed by atoms with Crippen LogP contribution in [0.25, 0.3) is 0 Å². The summed E-state index contributed by atoms with van der Waals surface area (Å²) in [6, 6.07) is 13.2. The van der Waals surface area contributed by atoms with E-state index in [1.807, 2.05) is 0 Å². The summed E-state index contributed by atoms with van der Waals surface area (Å²) in [4.78, 5) is 36.3. The summed E-state index contributed by atoms with van der Waals surface area (Å²) in [6.45, 7) is 2.06. The van der Waals surface area contributed by atoms with E-state index in [0.29, 0.717) is 28.3 Å². The summed E-state index contributed by atoms with van der Waals surface area (Å²) in [5.41, 5.74) is 3.24. The van der Waals surface area contributed by atoms with Crippen molar-refractivity contribution in [2.24, 2.45) is 5.10 Å². The molecular formula is C28H36ClN3O4. The van der Waals surface area contributed by atoms with Gasteiger partial charge >= 0.3 is 5.97 Å². The molecule has 36 heavy (non-hydrogen) atoms. The SMILES string of the molecule is CCCCCCCCCCCC(=O)NCC(=O)N/N=C/c1ccccc1OC(=O)c1ccc(Cl)cc1. The topological polar surface area (TPSA) is 96.9 Å². The first kappa shape index (κ1) is 29.0. The number of carbonyl (C=O) groups is 3. The Labute approximate surface area is 218 Å². The zero-order valence-electron chi connectivity index (χ0n) is 20.9. The first-order valence-corrected chi connectivity index (χ1v) is 13.0. The maximum atomic E-state index is 12.4. The maximum absolute atomic E-state index is 12.4. The van der Waals surface area contributed by atoms with Gasteiger partial charge in [0.25, 0.3) is 5.91 Å². The number of benzene rings is 2. The smallest absolute Gasteiger partial charge is 0.343 e. The number of nitrogens with one attached hydrogen (secondary N) is 2. The molecule has 0 atom stereocenters. The van der Waals surface area contributed by atoms with Crippen molar-refractivity contribution in [2.45, 2.75) is 71.1 Å². The average Bonchev–Trinajstić information content (AvgIpc) is 2.88. The van der Waals surface area contributed by atoms with Crippen LogP contribution in [0.3, 0.4) is 0 Å². The predicted molar refractivity (Wildman–Crippen MR) is 143 cm³/mol. The fourth-order valence-corrected chi connectivity index (χ4v) is 3.63. The monoisotopic (exact) mass is 513 g/mol. The van der Waals surface area contributed by atoms with Crippen molar-refractivity contribution in [3.8, 4) is 5.75 Å². The number of hydrogen-bond acceptors (Lipinski definition) is 5. The lowest BCUT2D eigenvalue weighted by Gasteiger charge is -2.07. The van der Waals surface area contributed by atoms with Crippen molar-refractivity contribution < 1.29 is 19.1 Å². The largest absolute Gasteiger partial charge is 0.422 e. The first-order chi connectivity index (χ1) is 17.5. The summed E-state index contributed by atoms with van der Waals surface area (Å²) >= 11 is 5.85. The number of para-hydroxylation sites is 1. The van der Waals surface area contributed by atoms with E-state index in [1.54, 1.807) is 48.5 Å². The molecule has 0 spiro atoms. The second kappa shape index (κ2) is 17.3. The van der Waals surface area contributed by atoms with Crippen molar-refractivity contribution in [1.29, 1.82) is 0 Å². The summed E-state index contributed by atoms with van der Waals surface area (Å²) in [5.74, 6) is -0.824. The number of nitrogens with zero attached hydrogens (tertiary/aromatic N) is 1. The standard InChI is InChI=1S/C28H36ClN3O4/c1-2-3-4-5-6-7-8-9-10-15-26(33)30-21-27(34)32-31-20-23-13-11-12-14-25(23)36-28(35)22-16-18-24(29)19-17-22/h11-14,16-20H,2-10,15,21H2,1H3,(H,30,33)(H,32,34)/b31-20+. The number of amides is 2. The van der Waals surface area contributed by atoms with Gasteiger partial charge in [0, 0.05) is 17.0 Å². The van der Waals surface area contributed by atoms with Crippen molar-refractivity contribution in [3.05, 3.63) is 64.7 Å². The zero-order chi connectivity index (χ0) is 26.0. The molecule has 8 heteroatoms. The molecule has 0 heterocycles. The van der Waals surface area contributed by atoms with E-state index in [1.165, 1.54) is 44.7 Å². The minimum atomic E-state index is -0.536. The van der Waals surface area contributed by atoms with Crippen LogP contribution in [0, 0.1) is 0 Å². The highest BCUT2D eigenvalue weighted by Crippen LogP contribution is 2.18. The molecule has 0 aliphatic heterocycles. The van der Waals surface area contributed by atoms with Crippen molar-refractivity contribution >= 4 is 35.6 Å². The summed E-state index contributed by atoms with van der Waals surface area (Å²) < 4.78 is 5.45. The third-order valence-corrected chi connectivity index (χ3v) is 5.80. The molecule has 0 aliphatic carbocycles. The molecule has 0 radical (unpaired) electrons. The Morgan fingerprint density at radius 2 is 1.50 bits per heavy atom. The molecule has 2 amide bonds. The van der Waals surface area contributed by atoms with E-state index in [9.17, 15) is 14.4 Å². The lowest BCUT2D eigenvalue weighted by atomic mass is 10.1. The highest BCUT2D eigenvalue weighted by molar-refractivity contribution is 6.30. The van der Waals surface area contributed by atoms with Gasteiger partial charge in [0.2, 0.25) is 5.91 Å². The minimum absolute atomic E-state index is 0.142. The van der Waals surface area contributed by atoms with Crippen LogP contribution >= 0.6 is 11.6 Å². The highest BCUT2D eigenvalue weighted by atomic mass is 35.5. The third-order valence-electron chi connectivity index (χ3n) is 5.55. The van der Waals surface area contributed by atoms with E-state index >= 15 is 0 Å². The van der Waals surface area contributed by atoms with Gasteiger partial charge in [-0.05, 0) is 42.8 Å². The Morgan fingerprint density at radius 3 is 2.19 bits per heavy atom. The van der Waals surface area contributed by atoms with Gasteiger partial charge in [0.05, 0.1) is 18.3 Å². The second-order valence-corrected chi connectivity index (χ2v) is 9.02. The molecule has 0 saturated carbocycles. The van der Waals surface area contributed by atoms with E-state index in [2.05, 4.69) is 22.8 Å². The number of unbranched alkanes of at least 4 members (excludes halogenated alkanes) is 8. The van der Waals surface area contributed by atoms with Crippen molar-refractivity contribution in [1.82, 2.24) is 10.7 Å². The highest BCUT2D eigenvalue weighted by Gasteiger charge is 2.11. The van der Waals surface area contributed by atoms with Crippen LogP contribution in [0.4, 0.5) is 0 Å². The molecule has 0 aromatic heterocycles. The van der Waals surface area contributed by atoms with Gasteiger partial charge in [-0.15, -0.1) is 0 Å². The van der Waals surface area contributed by atoms with E-state index in [-0.39, 0.29) is 12.5 Å². The summed E-state index contributed by atoms with van der Waals surface area (Å²) in [6.07, 6.45) is 12.5. The fourth-order valence-electron chi connectivity index (χ4n) is 3.50. The van der Waals surface area contributed by atoms with E-state index < -0.39 is 11.9 Å². The van der Waals surface area contributed by atoms with Gasteiger partial charge in [-0.1, -0.05) is 82.0 Å². The molecule has 2 aromatic carbocycles. The number of rotatable bonds is 16. The summed E-state index contributed by atoms with van der Waals surface area (Å²) in [5, 5.41) is 7.04. The molecule has 0 unspecified atom stereocenters. The van der Waals surface area contributed by atoms with Crippen LogP contribution in [0.1, 0.15) is 87.1 Å². The number of halogens is 1. The molecule has 2 N–H and O–H groups in total. The molecule has 7 nitrogen and oxygen atoms in total. The Kier molecular flexibility index (Phi) is 13.9. The van der Waals surface area contributed by atoms with Crippen LogP contribution < -0.4 is 15.5 Å². The van der Waals surface area contributed by atoms with Crippen molar-refractivity contribution in [2.75, 3.05) is 6.54 Å². The van der Waals surface area contributed by atoms with Gasteiger partial charge in [-0.3, -0.25) is 9.59 Å². The van der Waals surface area contributed by atoms with Gasteiger partial charge in [-0.25, -0.2) is 10.2 Å². The average molecular weight is 514 g/mol. The second-order valence-electron chi connectivity index (χ2n) is 8.58. The number of carbonyl (C=O) groups excluding carboxylic acids is 3. The number of hydrogen-bond donors (Lipinski definition) is 2. The van der Waals surface area contributed by atoms with Crippen LogP contribution in [0.2, 0.25) is 5.02 Å². The molecule has 0 aliphatic rings. The van der Waals surface area contributed by atoms with E-state index in [4.69, 9.17) is 16.3 Å². The van der Waals surface area contributed by atoms with Crippen LogP contribution in [0.5, 0.6) is 5.75 Å². The van der Waals surface area contributed by atoms with Crippen LogP contribution in [0.15, 0.2) is 53.6 Å². The fraction of sp³-hybridized carbons (Fsp3) is 0.429. The lowest BCUT2D eigenvalue weighted by Crippen LogP contribution is -2.34. The van der Waals surface area contributed by atoms with Gasteiger partial charge in [-0.2, -0.15) is 5.10 Å². The quantitative estimate of drug-likeness (QED) is 0.0938. The normalized spacial score (nSPS) is 10.8. The van der Waals surface area contributed by atoms with Crippen molar-refractivity contribution in [3.63, 3.8) is 0 Å². The Balaban J connectivity index is 1.66. The zero-order valence-corrected chi connectivity index (χ0v) is 21.7. The Bertz CT molecular complexity index is 993. The molecular weight excluding hydrogens is 478 g/mol. The van der Waals surface area contributed by atoms with Gasteiger partial charge in [0.1, 0.15) is 5.75 Å². The van der Waals surface area contributed by atoms with Crippen LogP contribution in [-0.4, -0.2) is 30.5 Å². The summed E-state index contributed by atoms with van der Waals surface area (Å²) in [7, 11) is 0. The van der Waals surface area contributed by atoms with Gasteiger partial charge in [0.15, 0.2) is 0 Å². The predicted octanol–water partition coefficient (Wildman–Crippen LogP) is 6.05. The molecule has 0 bridgehead atoms. The molecule has 2 aromatic rings. The number of ether oxygens (including phenoxy) is 1. The molecule has 0 saturated heterocycles. The molecule has 0 fully saturated rings. The first-order valence-electron chi connectivity index (χ1n) is 12.6. The lowest BCUT2D eigenvalue weighted by molar-refractivity contribution is -0.126. The number of hydrazone groups is 1. The van der Waals surface area contributed by atoms with Gasteiger partial charge < -0.3 is 10.1 Å².